The summed E-state index contributed by atoms with van der Waals surface area (Å²) in [6, 6.07) is 25.5. The first-order valence-electron chi connectivity index (χ1n) is 17.4. The number of aromatic nitrogens is 5. The Kier molecular flexibility index (Phi) is 9.86. The number of carbonyl (C=O) groups is 1. The van der Waals surface area contributed by atoms with E-state index in [1.807, 2.05) is 60.7 Å². The number of carbonyl (C=O) groups excluding carboxylic acids is 1. The summed E-state index contributed by atoms with van der Waals surface area (Å²) >= 11 is 0. The molecule has 3 aromatic heterocycles. The van der Waals surface area contributed by atoms with Crippen molar-refractivity contribution in [3.8, 4) is 11.3 Å². The topological polar surface area (TPSA) is 126 Å². The second-order valence-corrected chi connectivity index (χ2v) is 13.7. The van der Waals surface area contributed by atoms with E-state index in [4.69, 9.17) is 5.10 Å². The van der Waals surface area contributed by atoms with E-state index in [0.717, 1.165) is 66.5 Å². The first kappa shape index (κ1) is 32.1. The van der Waals surface area contributed by atoms with Crippen LogP contribution in [0.25, 0.3) is 16.9 Å². The van der Waals surface area contributed by atoms with Gasteiger partial charge in [-0.3, -0.25) is 9.78 Å². The highest BCUT2D eigenvalue weighted by Gasteiger charge is 2.40. The first-order chi connectivity index (χ1) is 23.5. The summed E-state index contributed by atoms with van der Waals surface area (Å²) in [5.74, 6) is -0.140. The van der Waals surface area contributed by atoms with Gasteiger partial charge in [0, 0.05) is 29.9 Å². The fourth-order valence-electron chi connectivity index (χ4n) is 7.23. The van der Waals surface area contributed by atoms with Gasteiger partial charge in [-0.1, -0.05) is 98.8 Å². The van der Waals surface area contributed by atoms with E-state index in [0.29, 0.717) is 36.7 Å². The average molecular weight is 645 g/mol. The molecule has 9 heteroatoms. The van der Waals surface area contributed by atoms with Crippen LogP contribution in [0.2, 0.25) is 0 Å². The van der Waals surface area contributed by atoms with Crippen LogP contribution >= 0.6 is 0 Å². The first-order valence-corrected chi connectivity index (χ1v) is 17.4. The van der Waals surface area contributed by atoms with Gasteiger partial charge in [0.1, 0.15) is 12.0 Å². The third-order valence-corrected chi connectivity index (χ3v) is 10.1. The summed E-state index contributed by atoms with van der Waals surface area (Å²) in [7, 11) is 0. The monoisotopic (exact) mass is 644 g/mol. The number of benzene rings is 2. The lowest BCUT2D eigenvalue weighted by Gasteiger charge is -2.33. The van der Waals surface area contributed by atoms with Crippen LogP contribution in [0.1, 0.15) is 79.8 Å². The fourth-order valence-corrected chi connectivity index (χ4v) is 7.23. The zero-order valence-corrected chi connectivity index (χ0v) is 27.2. The number of nitrogens with zero attached hydrogens (tertiary/aromatic N) is 5. The molecular weight excluding hydrogens is 600 g/mol. The van der Waals surface area contributed by atoms with Gasteiger partial charge < -0.3 is 15.5 Å². The minimum Gasteiger partial charge on any atom is -0.390 e. The van der Waals surface area contributed by atoms with Gasteiger partial charge >= 0.3 is 0 Å². The van der Waals surface area contributed by atoms with Crippen LogP contribution in [0.4, 0.5) is 0 Å². The molecule has 1 amide bonds. The van der Waals surface area contributed by atoms with Gasteiger partial charge in [-0.25, -0.2) is 0 Å². The maximum atomic E-state index is 14.6. The molecule has 248 valence electrons. The van der Waals surface area contributed by atoms with E-state index in [1.165, 1.54) is 6.42 Å². The Morgan fingerprint density at radius 3 is 2.31 bits per heavy atom. The molecule has 0 bridgehead atoms. The summed E-state index contributed by atoms with van der Waals surface area (Å²) in [4.78, 5) is 18.9. The molecule has 0 radical (unpaired) electrons. The molecular formula is C39H44N6O3. The van der Waals surface area contributed by atoms with E-state index in [-0.39, 0.29) is 11.8 Å². The number of hydrogen-bond acceptors (Lipinski definition) is 7. The van der Waals surface area contributed by atoms with Gasteiger partial charge in [-0.2, -0.15) is 9.61 Å². The standard InChI is InChI=1S/C39H44N6O3/c46-35(30-18-19-30)36(47)34(23-27-13-6-2-7-14-27)41-39(48)32(22-28-15-10-20-40-25-28)38-43-42-37-31(21-26-11-4-1-5-12-26)24-33(44-45(37)38)29-16-8-3-9-17-29/h1,3-5,8-12,15-17,20,24-25,27,30,32,34-36,46-47H,2,6-7,13-14,18-19,21-23H2,(H,41,48)/t32?,34-,35-,36+/m0/s1. The van der Waals surface area contributed by atoms with E-state index in [1.54, 1.807) is 16.9 Å². The maximum absolute atomic E-state index is 14.6. The van der Waals surface area contributed by atoms with E-state index < -0.39 is 24.2 Å². The van der Waals surface area contributed by atoms with Gasteiger partial charge in [0.05, 0.1) is 17.8 Å². The highest BCUT2D eigenvalue weighted by atomic mass is 16.3. The Hall–Kier alpha value is -4.47. The Bertz CT molecular complexity index is 1790. The third kappa shape index (κ3) is 7.48. The molecule has 0 spiro atoms. The number of hydrogen-bond donors (Lipinski definition) is 3. The van der Waals surface area contributed by atoms with E-state index in [2.05, 4.69) is 38.7 Å². The molecule has 3 N–H and O–H groups in total. The molecule has 0 saturated heterocycles. The summed E-state index contributed by atoms with van der Waals surface area (Å²) in [5, 5.41) is 40.0. The number of aliphatic hydroxyl groups is 2. The van der Waals surface area contributed by atoms with Gasteiger partial charge in [0.15, 0.2) is 11.5 Å². The van der Waals surface area contributed by atoms with Crippen LogP contribution in [-0.2, 0) is 17.6 Å². The summed E-state index contributed by atoms with van der Waals surface area (Å²) < 4.78 is 1.73. The van der Waals surface area contributed by atoms with Gasteiger partial charge in [-0.05, 0) is 60.8 Å². The molecule has 2 fully saturated rings. The van der Waals surface area contributed by atoms with Crippen molar-refractivity contribution >= 4 is 11.6 Å². The van der Waals surface area contributed by atoms with Crippen LogP contribution in [0.3, 0.4) is 0 Å². The molecule has 2 aliphatic carbocycles. The minimum absolute atomic E-state index is 0.0843. The van der Waals surface area contributed by atoms with Gasteiger partial charge in [0.2, 0.25) is 5.91 Å². The minimum atomic E-state index is -1.04. The lowest BCUT2D eigenvalue weighted by molar-refractivity contribution is -0.125. The molecule has 2 aromatic carbocycles. The molecule has 48 heavy (non-hydrogen) atoms. The summed E-state index contributed by atoms with van der Waals surface area (Å²) in [6.07, 6.45) is 10.6. The third-order valence-electron chi connectivity index (χ3n) is 10.1. The van der Waals surface area contributed by atoms with E-state index in [9.17, 15) is 15.0 Å². The van der Waals surface area contributed by atoms with Crippen molar-refractivity contribution in [3.05, 3.63) is 114 Å². The number of aliphatic hydroxyl groups excluding tert-OH is 2. The Morgan fingerprint density at radius 1 is 0.875 bits per heavy atom. The number of amides is 1. The van der Waals surface area contributed by atoms with E-state index >= 15 is 0 Å². The Balaban J connectivity index is 1.28. The van der Waals surface area contributed by atoms with Crippen molar-refractivity contribution < 1.29 is 15.0 Å². The average Bonchev–Trinajstić information content (AvgIpc) is 3.90. The quantitative estimate of drug-likeness (QED) is 0.150. The highest BCUT2D eigenvalue weighted by molar-refractivity contribution is 5.83. The van der Waals surface area contributed by atoms with Crippen LogP contribution < -0.4 is 5.32 Å². The molecule has 9 nitrogen and oxygen atoms in total. The number of pyridine rings is 1. The Morgan fingerprint density at radius 2 is 1.60 bits per heavy atom. The van der Waals surface area contributed by atoms with Crippen LogP contribution in [0.5, 0.6) is 0 Å². The molecule has 5 aromatic rings. The van der Waals surface area contributed by atoms with Gasteiger partial charge in [0.25, 0.3) is 0 Å². The molecule has 2 saturated carbocycles. The highest BCUT2D eigenvalue weighted by Crippen LogP contribution is 2.36. The van der Waals surface area contributed by atoms with Crippen LogP contribution in [-0.4, -0.2) is 59.2 Å². The predicted molar refractivity (Wildman–Crippen MR) is 184 cm³/mol. The van der Waals surface area contributed by atoms with Crippen molar-refractivity contribution in [2.75, 3.05) is 0 Å². The van der Waals surface area contributed by atoms with Crippen molar-refractivity contribution in [2.45, 2.75) is 88.4 Å². The predicted octanol–water partition coefficient (Wildman–Crippen LogP) is 5.69. The second-order valence-electron chi connectivity index (χ2n) is 13.7. The molecule has 2 aliphatic rings. The number of nitrogens with one attached hydrogen (secondary N) is 1. The molecule has 4 atom stereocenters. The van der Waals surface area contributed by atoms with Gasteiger partial charge in [-0.15, -0.1) is 10.2 Å². The van der Waals surface area contributed by atoms with Crippen LogP contribution in [0, 0.1) is 11.8 Å². The largest absolute Gasteiger partial charge is 0.390 e. The fraction of sp³-hybridized carbons (Fsp3) is 0.410. The van der Waals surface area contributed by atoms with Crippen LogP contribution in [0.15, 0.2) is 91.3 Å². The lowest BCUT2D eigenvalue weighted by Crippen LogP contribution is -2.51. The number of fused-ring (bicyclic) bond motifs is 1. The second kappa shape index (κ2) is 14.7. The van der Waals surface area contributed by atoms with Crippen molar-refractivity contribution in [1.29, 1.82) is 0 Å². The molecule has 7 rings (SSSR count). The molecule has 0 aliphatic heterocycles. The normalized spacial score (nSPS) is 17.9. The van der Waals surface area contributed by atoms with Crippen molar-refractivity contribution in [3.63, 3.8) is 0 Å². The Labute approximate surface area is 281 Å². The van der Waals surface area contributed by atoms with Crippen molar-refractivity contribution in [1.82, 2.24) is 30.1 Å². The smallest absolute Gasteiger partial charge is 0.231 e. The zero-order chi connectivity index (χ0) is 32.9. The maximum Gasteiger partial charge on any atom is 0.231 e. The molecule has 1 unspecified atom stereocenters. The summed E-state index contributed by atoms with van der Waals surface area (Å²) in [5.41, 5.74) is 5.26. The lowest BCUT2D eigenvalue weighted by atomic mass is 9.82. The van der Waals surface area contributed by atoms with Crippen molar-refractivity contribution in [2.24, 2.45) is 11.8 Å². The summed E-state index contributed by atoms with van der Waals surface area (Å²) in [6.45, 7) is 0. The molecule has 3 heterocycles. The SMILES string of the molecule is O=C(N[C@@H](CC1CCCCC1)[C@@H](O)[C@@H](O)C1CC1)C(Cc1cccnc1)c1nnc2c(Cc3ccccc3)cc(-c3ccccc3)nn12. The number of rotatable bonds is 13. The zero-order valence-electron chi connectivity index (χ0n) is 27.2.